The Kier molecular flexibility index (Phi) is 4.76. The summed E-state index contributed by atoms with van der Waals surface area (Å²) in [6.07, 6.45) is 3.90. The summed E-state index contributed by atoms with van der Waals surface area (Å²) in [6.45, 7) is 2.52. The van der Waals surface area contributed by atoms with E-state index in [4.69, 9.17) is 0 Å². The molecule has 0 amide bonds. The predicted molar refractivity (Wildman–Crippen MR) is 75.7 cm³/mol. The lowest BCUT2D eigenvalue weighted by Crippen LogP contribution is -2.24. The number of aliphatic hydroxyl groups excluding tert-OH is 1. The molecule has 0 saturated heterocycles. The third-order valence-electron chi connectivity index (χ3n) is 3.12. The van der Waals surface area contributed by atoms with E-state index in [1.54, 1.807) is 16.2 Å². The zero-order valence-electron chi connectivity index (χ0n) is 12.0. The average Bonchev–Trinajstić information content (AvgIpc) is 3.04. The van der Waals surface area contributed by atoms with E-state index in [-0.39, 0.29) is 18.0 Å². The molecule has 2 aromatic rings. The van der Waals surface area contributed by atoms with Gasteiger partial charge in [0.25, 0.3) is 0 Å². The Morgan fingerprint density at radius 2 is 2.19 bits per heavy atom. The third-order valence-corrected chi connectivity index (χ3v) is 4.49. The first kappa shape index (κ1) is 15.7. The van der Waals surface area contributed by atoms with Crippen LogP contribution in [0.1, 0.15) is 24.9 Å². The van der Waals surface area contributed by atoms with Crippen LogP contribution in [0.4, 0.5) is 0 Å². The second-order valence-electron chi connectivity index (χ2n) is 4.70. The quantitative estimate of drug-likeness (QED) is 0.749. The smallest absolute Gasteiger partial charge is 0.242 e. The van der Waals surface area contributed by atoms with Crippen molar-refractivity contribution in [2.75, 3.05) is 0 Å². The van der Waals surface area contributed by atoms with E-state index in [1.807, 2.05) is 6.92 Å². The van der Waals surface area contributed by atoms with Gasteiger partial charge in [-0.15, -0.1) is 10.2 Å². The van der Waals surface area contributed by atoms with Crippen molar-refractivity contribution in [3.63, 3.8) is 0 Å². The Morgan fingerprint density at radius 3 is 2.76 bits per heavy atom. The highest BCUT2D eigenvalue weighted by Gasteiger charge is 2.18. The lowest BCUT2D eigenvalue weighted by Gasteiger charge is -2.05. The van der Waals surface area contributed by atoms with Crippen LogP contribution in [-0.2, 0) is 36.8 Å². The minimum absolute atomic E-state index is 0.0618. The van der Waals surface area contributed by atoms with E-state index in [1.165, 1.54) is 18.6 Å². The number of hydrogen-bond donors (Lipinski definition) is 2. The molecule has 2 N–H and O–H groups in total. The van der Waals surface area contributed by atoms with Gasteiger partial charge in [-0.2, -0.15) is 0 Å². The van der Waals surface area contributed by atoms with Gasteiger partial charge in [-0.1, -0.05) is 6.92 Å². The van der Waals surface area contributed by atoms with E-state index < -0.39 is 10.0 Å². The van der Waals surface area contributed by atoms with Gasteiger partial charge in [-0.3, -0.25) is 0 Å². The molecule has 2 aromatic heterocycles. The Bertz CT molecular complexity index is 704. The molecular formula is C12H19N5O3S. The van der Waals surface area contributed by atoms with Crippen LogP contribution < -0.4 is 4.72 Å². The van der Waals surface area contributed by atoms with Gasteiger partial charge in [0.15, 0.2) is 0 Å². The van der Waals surface area contributed by atoms with Crippen molar-refractivity contribution in [2.45, 2.75) is 37.9 Å². The predicted octanol–water partition coefficient (Wildman–Crippen LogP) is -0.00260. The first-order valence-electron chi connectivity index (χ1n) is 6.60. The van der Waals surface area contributed by atoms with Crippen molar-refractivity contribution >= 4 is 10.0 Å². The Balaban J connectivity index is 2.17. The van der Waals surface area contributed by atoms with Crippen LogP contribution >= 0.6 is 0 Å². The van der Waals surface area contributed by atoms with Crippen molar-refractivity contribution in [1.29, 1.82) is 0 Å². The molecule has 8 nitrogen and oxygen atoms in total. The zero-order chi connectivity index (χ0) is 15.5. The molecule has 0 unspecified atom stereocenters. The molecule has 0 aliphatic carbocycles. The highest BCUT2D eigenvalue weighted by Crippen LogP contribution is 2.15. The largest absolute Gasteiger partial charge is 0.390 e. The maximum absolute atomic E-state index is 12.3. The van der Waals surface area contributed by atoms with Crippen molar-refractivity contribution < 1.29 is 13.5 Å². The molecule has 116 valence electrons. The Labute approximate surface area is 123 Å². The van der Waals surface area contributed by atoms with Crippen molar-refractivity contribution in [1.82, 2.24) is 24.1 Å². The van der Waals surface area contributed by atoms with Crippen LogP contribution in [0.5, 0.6) is 0 Å². The lowest BCUT2D eigenvalue weighted by atomic mass is 10.4. The summed E-state index contributed by atoms with van der Waals surface area (Å²) in [5, 5.41) is 16.8. The van der Waals surface area contributed by atoms with Gasteiger partial charge in [0.1, 0.15) is 12.2 Å². The SMILES string of the molecule is CCCn1cc(S(=O)(=O)NCc2nncn2C)cc1CO. The molecule has 0 fully saturated rings. The van der Waals surface area contributed by atoms with E-state index in [2.05, 4.69) is 14.9 Å². The number of rotatable bonds is 7. The van der Waals surface area contributed by atoms with Gasteiger partial charge in [-0.05, 0) is 12.5 Å². The average molecular weight is 313 g/mol. The fourth-order valence-electron chi connectivity index (χ4n) is 1.96. The molecule has 0 radical (unpaired) electrons. The molecule has 0 aliphatic heterocycles. The Hall–Kier alpha value is -1.71. The molecule has 0 saturated carbocycles. The summed E-state index contributed by atoms with van der Waals surface area (Å²) < 4.78 is 30.4. The zero-order valence-corrected chi connectivity index (χ0v) is 12.8. The fourth-order valence-corrected chi connectivity index (χ4v) is 3.01. The van der Waals surface area contributed by atoms with Crippen LogP contribution in [0.15, 0.2) is 23.5 Å². The molecule has 21 heavy (non-hydrogen) atoms. The number of aromatic nitrogens is 4. The number of sulfonamides is 1. The molecule has 0 aromatic carbocycles. The van der Waals surface area contributed by atoms with Gasteiger partial charge in [-0.25, -0.2) is 13.1 Å². The molecular weight excluding hydrogens is 294 g/mol. The van der Waals surface area contributed by atoms with Gasteiger partial charge in [0.2, 0.25) is 10.0 Å². The van der Waals surface area contributed by atoms with Gasteiger partial charge < -0.3 is 14.2 Å². The Morgan fingerprint density at radius 1 is 1.43 bits per heavy atom. The van der Waals surface area contributed by atoms with E-state index in [0.29, 0.717) is 18.1 Å². The van der Waals surface area contributed by atoms with Gasteiger partial charge in [0, 0.05) is 25.5 Å². The molecule has 2 rings (SSSR count). The summed E-state index contributed by atoms with van der Waals surface area (Å²) in [5.74, 6) is 0.522. The van der Waals surface area contributed by atoms with Crippen LogP contribution in [0.2, 0.25) is 0 Å². The summed E-state index contributed by atoms with van der Waals surface area (Å²) >= 11 is 0. The van der Waals surface area contributed by atoms with Crippen molar-refractivity contribution in [3.05, 3.63) is 30.1 Å². The molecule has 0 bridgehead atoms. The highest BCUT2D eigenvalue weighted by atomic mass is 32.2. The first-order valence-corrected chi connectivity index (χ1v) is 8.08. The monoisotopic (exact) mass is 313 g/mol. The highest BCUT2D eigenvalue weighted by molar-refractivity contribution is 7.89. The van der Waals surface area contributed by atoms with E-state index >= 15 is 0 Å². The molecule has 0 aliphatic rings. The maximum atomic E-state index is 12.3. The third kappa shape index (κ3) is 3.49. The number of aryl methyl sites for hydroxylation is 2. The van der Waals surface area contributed by atoms with Crippen LogP contribution in [0.3, 0.4) is 0 Å². The maximum Gasteiger partial charge on any atom is 0.242 e. The molecule has 9 heteroatoms. The number of nitrogens with one attached hydrogen (secondary N) is 1. The van der Waals surface area contributed by atoms with Crippen LogP contribution in [0.25, 0.3) is 0 Å². The molecule has 0 atom stereocenters. The summed E-state index contributed by atoms with van der Waals surface area (Å²) in [7, 11) is -1.90. The molecule has 0 spiro atoms. The van der Waals surface area contributed by atoms with Gasteiger partial charge >= 0.3 is 0 Å². The summed E-state index contributed by atoms with van der Waals surface area (Å²) in [5.41, 5.74) is 0.580. The normalized spacial score (nSPS) is 12.0. The van der Waals surface area contributed by atoms with Crippen molar-refractivity contribution in [3.8, 4) is 0 Å². The van der Waals surface area contributed by atoms with Gasteiger partial charge in [0.05, 0.1) is 18.0 Å². The first-order chi connectivity index (χ1) is 9.97. The topological polar surface area (TPSA) is 102 Å². The second kappa shape index (κ2) is 6.37. The minimum atomic E-state index is -3.65. The molecule has 2 heterocycles. The van der Waals surface area contributed by atoms with Crippen molar-refractivity contribution in [2.24, 2.45) is 7.05 Å². The number of nitrogens with zero attached hydrogens (tertiary/aromatic N) is 4. The summed E-state index contributed by atoms with van der Waals surface area (Å²) in [4.78, 5) is 0.141. The number of aliphatic hydroxyl groups is 1. The summed E-state index contributed by atoms with van der Waals surface area (Å²) in [6, 6.07) is 1.48. The standard InChI is InChI=1S/C12H19N5O3S/c1-3-4-17-7-11(5-10(17)8-18)21(19,20)14-6-12-15-13-9-16(12)2/h5,7,9,14,18H,3-4,6,8H2,1-2H3. The van der Waals surface area contributed by atoms with Crippen LogP contribution in [-0.4, -0.2) is 32.9 Å². The second-order valence-corrected chi connectivity index (χ2v) is 6.47. The van der Waals surface area contributed by atoms with E-state index in [9.17, 15) is 13.5 Å². The minimum Gasteiger partial charge on any atom is -0.390 e. The fraction of sp³-hybridized carbons (Fsp3) is 0.500. The van der Waals surface area contributed by atoms with Crippen LogP contribution in [0, 0.1) is 0 Å². The van der Waals surface area contributed by atoms with E-state index in [0.717, 1.165) is 6.42 Å². The number of hydrogen-bond acceptors (Lipinski definition) is 5. The lowest BCUT2D eigenvalue weighted by molar-refractivity contribution is 0.270.